The van der Waals surface area contributed by atoms with E-state index in [2.05, 4.69) is 42.0 Å². The topological polar surface area (TPSA) is 38.0 Å². The van der Waals surface area contributed by atoms with Crippen LogP contribution in [0.4, 0.5) is 10.1 Å². The SMILES string of the molecule is CC(C)CCC(C)Nc1ccc(C(N)=S)c(Br)c1F. The minimum atomic E-state index is -0.346. The van der Waals surface area contributed by atoms with Crippen LogP contribution >= 0.6 is 28.1 Å². The molecule has 0 aliphatic rings. The van der Waals surface area contributed by atoms with Crippen molar-refractivity contribution >= 4 is 38.8 Å². The summed E-state index contributed by atoms with van der Waals surface area (Å²) in [6.07, 6.45) is 2.12. The molecule has 0 radical (unpaired) electrons. The lowest BCUT2D eigenvalue weighted by Gasteiger charge is -2.18. The largest absolute Gasteiger partial charge is 0.389 e. The van der Waals surface area contributed by atoms with E-state index in [1.54, 1.807) is 12.1 Å². The number of hydrogen-bond acceptors (Lipinski definition) is 2. The molecule has 5 heteroatoms. The van der Waals surface area contributed by atoms with Gasteiger partial charge in [0.25, 0.3) is 0 Å². The van der Waals surface area contributed by atoms with Crippen LogP contribution in [0, 0.1) is 11.7 Å². The Balaban J connectivity index is 2.80. The van der Waals surface area contributed by atoms with Gasteiger partial charge in [0.05, 0.1) is 10.2 Å². The molecule has 19 heavy (non-hydrogen) atoms. The van der Waals surface area contributed by atoms with Gasteiger partial charge in [0.2, 0.25) is 0 Å². The molecule has 0 aliphatic heterocycles. The number of rotatable bonds is 6. The maximum Gasteiger partial charge on any atom is 0.161 e. The summed E-state index contributed by atoms with van der Waals surface area (Å²) in [4.78, 5) is 0.185. The Morgan fingerprint density at radius 3 is 2.53 bits per heavy atom. The number of nitrogens with one attached hydrogen (secondary N) is 1. The third-order valence-corrected chi connectivity index (χ3v) is 3.92. The highest BCUT2D eigenvalue weighted by Gasteiger charge is 2.14. The normalized spacial score (nSPS) is 12.5. The van der Waals surface area contributed by atoms with E-state index in [0.29, 0.717) is 21.6 Å². The molecule has 0 amide bonds. The van der Waals surface area contributed by atoms with E-state index in [1.807, 2.05) is 0 Å². The number of hydrogen-bond donors (Lipinski definition) is 2. The standard InChI is InChI=1S/C14H20BrFN2S/c1-8(2)4-5-9(3)18-11-7-6-10(14(17)19)12(15)13(11)16/h6-9,18H,4-5H2,1-3H3,(H2,17,19). The number of nitrogens with two attached hydrogens (primary N) is 1. The van der Waals surface area contributed by atoms with Crippen LogP contribution in [0.3, 0.4) is 0 Å². The molecular formula is C14H20BrFN2S. The average molecular weight is 347 g/mol. The number of anilines is 1. The van der Waals surface area contributed by atoms with Gasteiger partial charge >= 0.3 is 0 Å². The fourth-order valence-electron chi connectivity index (χ4n) is 1.77. The quantitative estimate of drug-likeness (QED) is 0.746. The van der Waals surface area contributed by atoms with Crippen molar-refractivity contribution in [3.8, 4) is 0 Å². The van der Waals surface area contributed by atoms with Gasteiger partial charge < -0.3 is 11.1 Å². The molecule has 0 aromatic heterocycles. The summed E-state index contributed by atoms with van der Waals surface area (Å²) < 4.78 is 14.5. The molecule has 1 aromatic rings. The maximum absolute atomic E-state index is 14.2. The first-order chi connectivity index (χ1) is 8.82. The molecule has 0 fully saturated rings. The van der Waals surface area contributed by atoms with Gasteiger partial charge in [0.15, 0.2) is 5.82 Å². The molecule has 1 atom stereocenters. The minimum Gasteiger partial charge on any atom is -0.389 e. The van der Waals surface area contributed by atoms with Crippen LogP contribution in [0.2, 0.25) is 0 Å². The van der Waals surface area contributed by atoms with Crippen molar-refractivity contribution in [3.63, 3.8) is 0 Å². The van der Waals surface area contributed by atoms with Gasteiger partial charge in [-0.1, -0.05) is 26.1 Å². The third kappa shape index (κ3) is 4.73. The molecule has 1 aromatic carbocycles. The monoisotopic (exact) mass is 346 g/mol. The summed E-state index contributed by atoms with van der Waals surface area (Å²) in [5, 5.41) is 3.18. The summed E-state index contributed by atoms with van der Waals surface area (Å²) in [5.74, 6) is 0.305. The first-order valence-electron chi connectivity index (χ1n) is 6.37. The van der Waals surface area contributed by atoms with E-state index >= 15 is 0 Å². The van der Waals surface area contributed by atoms with Crippen molar-refractivity contribution in [2.45, 2.75) is 39.7 Å². The Morgan fingerprint density at radius 2 is 2.00 bits per heavy atom. The van der Waals surface area contributed by atoms with Gasteiger partial charge in [-0.05, 0) is 53.7 Å². The van der Waals surface area contributed by atoms with E-state index in [0.717, 1.165) is 12.8 Å². The van der Waals surface area contributed by atoms with E-state index in [-0.39, 0.29) is 16.8 Å². The second-order valence-corrected chi connectivity index (χ2v) is 6.40. The van der Waals surface area contributed by atoms with Gasteiger partial charge in [-0.15, -0.1) is 0 Å². The number of benzene rings is 1. The zero-order valence-corrected chi connectivity index (χ0v) is 13.9. The van der Waals surface area contributed by atoms with Gasteiger partial charge in [0.1, 0.15) is 4.99 Å². The molecule has 1 rings (SSSR count). The van der Waals surface area contributed by atoms with Crippen molar-refractivity contribution in [1.29, 1.82) is 0 Å². The van der Waals surface area contributed by atoms with Crippen LogP contribution in [0.15, 0.2) is 16.6 Å². The Kier molecular flexibility index (Phi) is 6.20. The van der Waals surface area contributed by atoms with Crippen LogP contribution in [0.1, 0.15) is 39.2 Å². The van der Waals surface area contributed by atoms with E-state index in [9.17, 15) is 4.39 Å². The summed E-state index contributed by atoms with van der Waals surface area (Å²) in [5.41, 5.74) is 6.53. The fourth-order valence-corrected chi connectivity index (χ4v) is 2.63. The molecule has 0 saturated heterocycles. The third-order valence-electron chi connectivity index (χ3n) is 2.93. The number of thiocarbonyl (C=S) groups is 1. The predicted octanol–water partition coefficient (Wildman–Crippen LogP) is 4.46. The van der Waals surface area contributed by atoms with Gasteiger partial charge in [-0.3, -0.25) is 0 Å². The van der Waals surface area contributed by atoms with E-state index in [1.165, 1.54) is 0 Å². The lowest BCUT2D eigenvalue weighted by molar-refractivity contribution is 0.525. The Bertz CT molecular complexity index is 463. The van der Waals surface area contributed by atoms with Crippen molar-refractivity contribution < 1.29 is 4.39 Å². The first kappa shape index (κ1) is 16.4. The lowest BCUT2D eigenvalue weighted by Crippen LogP contribution is -2.18. The van der Waals surface area contributed by atoms with Gasteiger partial charge in [-0.25, -0.2) is 4.39 Å². The Morgan fingerprint density at radius 1 is 1.37 bits per heavy atom. The highest BCUT2D eigenvalue weighted by Crippen LogP contribution is 2.28. The second-order valence-electron chi connectivity index (χ2n) is 5.17. The van der Waals surface area contributed by atoms with Crippen LogP contribution in [-0.2, 0) is 0 Å². The second kappa shape index (κ2) is 7.20. The van der Waals surface area contributed by atoms with Crippen molar-refractivity contribution in [2.24, 2.45) is 11.7 Å². The molecule has 1 unspecified atom stereocenters. The van der Waals surface area contributed by atoms with Crippen LogP contribution in [0.5, 0.6) is 0 Å². The molecule has 2 nitrogen and oxygen atoms in total. The van der Waals surface area contributed by atoms with Crippen molar-refractivity contribution in [3.05, 3.63) is 28.0 Å². The smallest absolute Gasteiger partial charge is 0.161 e. The molecule has 3 N–H and O–H groups in total. The van der Waals surface area contributed by atoms with E-state index < -0.39 is 0 Å². The number of halogens is 2. The molecule has 106 valence electrons. The van der Waals surface area contributed by atoms with Gasteiger partial charge in [0, 0.05) is 11.6 Å². The van der Waals surface area contributed by atoms with Crippen molar-refractivity contribution in [2.75, 3.05) is 5.32 Å². The van der Waals surface area contributed by atoms with E-state index in [4.69, 9.17) is 18.0 Å². The highest BCUT2D eigenvalue weighted by molar-refractivity contribution is 9.10. The zero-order chi connectivity index (χ0) is 14.6. The van der Waals surface area contributed by atoms with Crippen LogP contribution < -0.4 is 11.1 Å². The molecular weight excluding hydrogens is 327 g/mol. The summed E-state index contributed by atoms with van der Waals surface area (Å²) in [6.45, 7) is 6.42. The Labute approximate surface area is 128 Å². The molecule has 0 heterocycles. The maximum atomic E-state index is 14.2. The summed E-state index contributed by atoms with van der Waals surface area (Å²) >= 11 is 8.07. The first-order valence-corrected chi connectivity index (χ1v) is 7.57. The fraction of sp³-hybridized carbons (Fsp3) is 0.500. The molecule has 0 bridgehead atoms. The zero-order valence-electron chi connectivity index (χ0n) is 11.5. The predicted molar refractivity (Wildman–Crippen MR) is 87.1 cm³/mol. The minimum absolute atomic E-state index is 0.185. The molecule has 0 spiro atoms. The Hall–Kier alpha value is -0.680. The highest BCUT2D eigenvalue weighted by atomic mass is 79.9. The van der Waals surface area contributed by atoms with Gasteiger partial charge in [-0.2, -0.15) is 0 Å². The summed E-state index contributed by atoms with van der Waals surface area (Å²) in [6, 6.07) is 3.63. The summed E-state index contributed by atoms with van der Waals surface area (Å²) in [7, 11) is 0. The van der Waals surface area contributed by atoms with Crippen LogP contribution in [-0.4, -0.2) is 11.0 Å². The van der Waals surface area contributed by atoms with Crippen molar-refractivity contribution in [1.82, 2.24) is 0 Å². The van der Waals surface area contributed by atoms with Crippen LogP contribution in [0.25, 0.3) is 0 Å². The average Bonchev–Trinajstić information content (AvgIpc) is 2.32. The molecule has 0 aliphatic carbocycles. The molecule has 0 saturated carbocycles. The lowest BCUT2D eigenvalue weighted by atomic mass is 10.0.